The number of methoxy groups -OCH3 is 1. The number of hydrogen-bond donors (Lipinski definition) is 1. The molecule has 152 valence electrons. The van der Waals surface area contributed by atoms with Gasteiger partial charge in [-0.25, -0.2) is 9.78 Å². The SMILES string of the molecule is COC(=O)c1c(NC(=O)Cn2cnc3c(cnn3C)c2=O)sc2c1CC[C@@H](C)C2. The Hall–Kier alpha value is -3.01. The highest BCUT2D eigenvalue weighted by Gasteiger charge is 2.29. The fourth-order valence-electron chi connectivity index (χ4n) is 3.66. The number of nitrogens with one attached hydrogen (secondary N) is 1. The molecule has 0 aliphatic heterocycles. The van der Waals surface area contributed by atoms with E-state index in [4.69, 9.17) is 4.74 Å². The lowest BCUT2D eigenvalue weighted by molar-refractivity contribution is -0.116. The van der Waals surface area contributed by atoms with E-state index in [9.17, 15) is 14.4 Å². The molecule has 0 spiro atoms. The first-order chi connectivity index (χ1) is 13.9. The van der Waals surface area contributed by atoms with Crippen LogP contribution in [0.2, 0.25) is 0 Å². The van der Waals surface area contributed by atoms with E-state index >= 15 is 0 Å². The second-order valence-corrected chi connectivity index (χ2v) is 8.38. The maximum atomic E-state index is 12.7. The number of nitrogens with zero attached hydrogens (tertiary/aromatic N) is 4. The molecule has 0 radical (unpaired) electrons. The lowest BCUT2D eigenvalue weighted by Gasteiger charge is -2.18. The molecule has 0 saturated carbocycles. The van der Waals surface area contributed by atoms with Crippen LogP contribution in [0.4, 0.5) is 5.00 Å². The van der Waals surface area contributed by atoms with Gasteiger partial charge in [-0.3, -0.25) is 18.8 Å². The van der Waals surface area contributed by atoms with Crippen molar-refractivity contribution >= 4 is 39.2 Å². The summed E-state index contributed by atoms with van der Waals surface area (Å²) < 4.78 is 7.67. The van der Waals surface area contributed by atoms with Crippen LogP contribution in [0.3, 0.4) is 0 Å². The summed E-state index contributed by atoms with van der Waals surface area (Å²) >= 11 is 1.41. The number of hydrogen-bond acceptors (Lipinski definition) is 7. The third kappa shape index (κ3) is 3.44. The molecule has 0 fully saturated rings. The van der Waals surface area contributed by atoms with Gasteiger partial charge in [0.1, 0.15) is 23.3 Å². The van der Waals surface area contributed by atoms with Gasteiger partial charge in [0.15, 0.2) is 5.65 Å². The summed E-state index contributed by atoms with van der Waals surface area (Å²) in [5.41, 5.74) is 1.51. The van der Waals surface area contributed by atoms with Crippen LogP contribution in [0.15, 0.2) is 17.3 Å². The Kier molecular flexibility index (Phi) is 4.95. The maximum Gasteiger partial charge on any atom is 0.341 e. The van der Waals surface area contributed by atoms with Crippen LogP contribution in [0.25, 0.3) is 11.0 Å². The zero-order chi connectivity index (χ0) is 20.7. The average molecular weight is 415 g/mol. The lowest BCUT2D eigenvalue weighted by Crippen LogP contribution is -2.28. The highest BCUT2D eigenvalue weighted by Crippen LogP contribution is 2.40. The van der Waals surface area contributed by atoms with Crippen molar-refractivity contribution in [3.05, 3.63) is 38.9 Å². The summed E-state index contributed by atoms with van der Waals surface area (Å²) in [6, 6.07) is 0. The average Bonchev–Trinajstić information content (AvgIpc) is 3.23. The second kappa shape index (κ2) is 7.43. The molecule has 3 aromatic heterocycles. The summed E-state index contributed by atoms with van der Waals surface area (Å²) in [5.74, 6) is -0.331. The number of esters is 1. The van der Waals surface area contributed by atoms with Crippen molar-refractivity contribution in [2.75, 3.05) is 12.4 Å². The van der Waals surface area contributed by atoms with E-state index in [1.165, 1.54) is 40.2 Å². The fourth-order valence-corrected chi connectivity index (χ4v) is 5.07. The number of aryl methyl sites for hydroxylation is 1. The Labute approximate surface area is 170 Å². The quantitative estimate of drug-likeness (QED) is 0.651. The van der Waals surface area contributed by atoms with E-state index in [0.717, 1.165) is 29.7 Å². The largest absolute Gasteiger partial charge is 0.465 e. The number of anilines is 1. The van der Waals surface area contributed by atoms with Gasteiger partial charge in [0.05, 0.1) is 18.9 Å². The number of thiophene rings is 1. The van der Waals surface area contributed by atoms with Gasteiger partial charge in [-0.2, -0.15) is 5.10 Å². The van der Waals surface area contributed by atoms with Crippen molar-refractivity contribution in [3.63, 3.8) is 0 Å². The molecule has 9 nitrogen and oxygen atoms in total. The second-order valence-electron chi connectivity index (χ2n) is 7.28. The monoisotopic (exact) mass is 415 g/mol. The molecule has 1 aliphatic carbocycles. The van der Waals surface area contributed by atoms with Crippen molar-refractivity contribution < 1.29 is 14.3 Å². The molecule has 0 bridgehead atoms. The summed E-state index contributed by atoms with van der Waals surface area (Å²) in [6.07, 6.45) is 5.42. The Morgan fingerprint density at radius 2 is 2.21 bits per heavy atom. The standard InChI is InChI=1S/C19H21N5O4S/c1-10-4-5-11-13(6-10)29-17(15(11)19(27)28-3)22-14(25)8-24-9-20-16-12(18(24)26)7-21-23(16)2/h7,9-10H,4-6,8H2,1-3H3,(H,22,25)/t10-/m1/s1. The van der Waals surface area contributed by atoms with Crippen molar-refractivity contribution in [1.82, 2.24) is 19.3 Å². The maximum absolute atomic E-state index is 12.7. The molecular weight excluding hydrogens is 394 g/mol. The molecule has 1 N–H and O–H groups in total. The highest BCUT2D eigenvalue weighted by atomic mass is 32.1. The van der Waals surface area contributed by atoms with Crippen molar-refractivity contribution in [1.29, 1.82) is 0 Å². The number of carbonyl (C=O) groups excluding carboxylic acids is 2. The van der Waals surface area contributed by atoms with Crippen LogP contribution in [-0.4, -0.2) is 38.3 Å². The Balaban J connectivity index is 1.61. The summed E-state index contributed by atoms with van der Waals surface area (Å²) in [5, 5.41) is 7.64. The molecule has 3 aromatic rings. The number of aromatic nitrogens is 4. The van der Waals surface area contributed by atoms with Gasteiger partial charge in [0.25, 0.3) is 5.56 Å². The molecule has 0 aromatic carbocycles. The fraction of sp³-hybridized carbons (Fsp3) is 0.421. The number of rotatable bonds is 4. The van der Waals surface area contributed by atoms with Gasteiger partial charge in [0.2, 0.25) is 5.91 Å². The number of ether oxygens (including phenoxy) is 1. The summed E-state index contributed by atoms with van der Waals surface area (Å²) in [4.78, 5) is 42.9. The molecule has 1 atom stereocenters. The molecular formula is C19H21N5O4S. The molecule has 29 heavy (non-hydrogen) atoms. The zero-order valence-corrected chi connectivity index (χ0v) is 17.2. The van der Waals surface area contributed by atoms with Gasteiger partial charge >= 0.3 is 5.97 Å². The van der Waals surface area contributed by atoms with Crippen molar-refractivity contribution in [2.45, 2.75) is 32.7 Å². The van der Waals surface area contributed by atoms with Crippen LogP contribution >= 0.6 is 11.3 Å². The summed E-state index contributed by atoms with van der Waals surface area (Å²) in [7, 11) is 3.03. The zero-order valence-electron chi connectivity index (χ0n) is 16.4. The lowest BCUT2D eigenvalue weighted by atomic mass is 9.88. The molecule has 10 heteroatoms. The minimum Gasteiger partial charge on any atom is -0.465 e. The van der Waals surface area contributed by atoms with E-state index < -0.39 is 11.9 Å². The van der Waals surface area contributed by atoms with Gasteiger partial charge in [0, 0.05) is 11.9 Å². The first-order valence-electron chi connectivity index (χ1n) is 9.29. The molecule has 4 rings (SSSR count). The Morgan fingerprint density at radius 3 is 2.97 bits per heavy atom. The molecule has 3 heterocycles. The third-order valence-corrected chi connectivity index (χ3v) is 6.36. The Morgan fingerprint density at radius 1 is 1.41 bits per heavy atom. The van der Waals surface area contributed by atoms with E-state index in [0.29, 0.717) is 27.5 Å². The van der Waals surface area contributed by atoms with Crippen LogP contribution in [0.1, 0.15) is 34.1 Å². The van der Waals surface area contributed by atoms with E-state index in [2.05, 4.69) is 22.3 Å². The van der Waals surface area contributed by atoms with Crippen molar-refractivity contribution in [2.24, 2.45) is 13.0 Å². The van der Waals surface area contributed by atoms with Crippen LogP contribution in [0, 0.1) is 5.92 Å². The van der Waals surface area contributed by atoms with E-state index in [1.807, 2.05) is 0 Å². The van der Waals surface area contributed by atoms with Gasteiger partial charge in [-0.05, 0) is 30.7 Å². The third-order valence-electron chi connectivity index (χ3n) is 5.19. The first kappa shape index (κ1) is 19.3. The Bertz CT molecular complexity index is 1180. The predicted molar refractivity (Wildman–Crippen MR) is 108 cm³/mol. The van der Waals surface area contributed by atoms with Gasteiger partial charge < -0.3 is 10.1 Å². The molecule has 1 amide bonds. The number of fused-ring (bicyclic) bond motifs is 2. The molecule has 0 unspecified atom stereocenters. The number of amides is 1. The normalized spacial score (nSPS) is 15.9. The van der Waals surface area contributed by atoms with Crippen LogP contribution < -0.4 is 10.9 Å². The summed E-state index contributed by atoms with van der Waals surface area (Å²) in [6.45, 7) is 1.96. The molecule has 1 aliphatic rings. The van der Waals surface area contributed by atoms with E-state index in [-0.39, 0.29) is 12.1 Å². The van der Waals surface area contributed by atoms with Crippen LogP contribution in [0.5, 0.6) is 0 Å². The molecule has 0 saturated heterocycles. The first-order valence-corrected chi connectivity index (χ1v) is 10.1. The van der Waals surface area contributed by atoms with E-state index in [1.54, 1.807) is 7.05 Å². The predicted octanol–water partition coefficient (Wildman–Crippen LogP) is 1.74. The van der Waals surface area contributed by atoms with Gasteiger partial charge in [-0.1, -0.05) is 6.92 Å². The minimum absolute atomic E-state index is 0.212. The smallest absolute Gasteiger partial charge is 0.341 e. The van der Waals surface area contributed by atoms with Crippen molar-refractivity contribution in [3.8, 4) is 0 Å². The minimum atomic E-state index is -0.456. The van der Waals surface area contributed by atoms with Gasteiger partial charge in [-0.15, -0.1) is 11.3 Å². The number of carbonyl (C=O) groups is 2. The van der Waals surface area contributed by atoms with Crippen LogP contribution in [-0.2, 0) is 36.0 Å². The topological polar surface area (TPSA) is 108 Å². The highest BCUT2D eigenvalue weighted by molar-refractivity contribution is 7.17.